The van der Waals surface area contributed by atoms with Crippen LogP contribution in [0.3, 0.4) is 0 Å². The number of rotatable bonds is 6. The van der Waals surface area contributed by atoms with Crippen molar-refractivity contribution in [1.29, 1.82) is 0 Å². The van der Waals surface area contributed by atoms with Gasteiger partial charge in [0.2, 0.25) is 5.75 Å². The van der Waals surface area contributed by atoms with E-state index in [-0.39, 0.29) is 24.0 Å². The molecule has 0 saturated heterocycles. The third-order valence-corrected chi connectivity index (χ3v) is 3.47. The summed E-state index contributed by atoms with van der Waals surface area (Å²) in [5, 5.41) is 0. The molecule has 2 aromatic rings. The molecule has 1 aromatic carbocycles. The average molecular weight is 427 g/mol. The lowest BCUT2D eigenvalue weighted by Gasteiger charge is -2.13. The molecule has 124 valence electrons. The molecule has 0 atom stereocenters. The highest BCUT2D eigenvalue weighted by molar-refractivity contribution is 5.75. The number of benzene rings is 1. The van der Waals surface area contributed by atoms with Crippen LogP contribution in [0.1, 0.15) is 18.1 Å². The van der Waals surface area contributed by atoms with Crippen molar-refractivity contribution in [3.05, 3.63) is 47.8 Å². The van der Waals surface area contributed by atoms with Crippen molar-refractivity contribution in [2.75, 3.05) is 21.3 Å². The maximum Gasteiger partial charge on any atom is 0.203 e. The van der Waals surface area contributed by atoms with Gasteiger partial charge in [-0.1, -0.05) is 12.2 Å². The predicted molar refractivity (Wildman–Crippen MR) is 87.3 cm³/mol. The molecular formula is C18H22INO3. The van der Waals surface area contributed by atoms with Crippen molar-refractivity contribution in [3.8, 4) is 17.2 Å². The van der Waals surface area contributed by atoms with Gasteiger partial charge in [-0.3, -0.25) is 0 Å². The van der Waals surface area contributed by atoms with E-state index in [2.05, 4.69) is 36.0 Å². The minimum atomic E-state index is 0. The first kappa shape index (κ1) is 19.3. The van der Waals surface area contributed by atoms with Crippen LogP contribution >= 0.6 is 0 Å². The van der Waals surface area contributed by atoms with Gasteiger partial charge in [0, 0.05) is 17.7 Å². The molecule has 0 amide bonds. The molecule has 0 spiro atoms. The first-order valence-electron chi connectivity index (χ1n) is 7.19. The molecule has 0 N–H and O–H groups in total. The van der Waals surface area contributed by atoms with Crippen molar-refractivity contribution in [2.24, 2.45) is 0 Å². The Kier molecular flexibility index (Phi) is 7.88. The van der Waals surface area contributed by atoms with Gasteiger partial charge in [0.25, 0.3) is 0 Å². The van der Waals surface area contributed by atoms with Crippen LogP contribution in [0.15, 0.2) is 36.7 Å². The minimum Gasteiger partial charge on any atom is -1.00 e. The molecule has 1 heterocycles. The molecule has 0 aliphatic heterocycles. The molecule has 2 rings (SSSR count). The highest BCUT2D eigenvalue weighted by atomic mass is 127. The van der Waals surface area contributed by atoms with Crippen molar-refractivity contribution in [3.63, 3.8) is 0 Å². The molecule has 0 bridgehead atoms. The van der Waals surface area contributed by atoms with Crippen LogP contribution in [0.2, 0.25) is 0 Å². The summed E-state index contributed by atoms with van der Waals surface area (Å²) >= 11 is 0. The van der Waals surface area contributed by atoms with E-state index < -0.39 is 0 Å². The second-order valence-corrected chi connectivity index (χ2v) is 4.72. The number of aromatic nitrogens is 1. The van der Waals surface area contributed by atoms with Crippen LogP contribution in [0.25, 0.3) is 12.2 Å². The quantitative estimate of drug-likeness (QED) is 0.488. The van der Waals surface area contributed by atoms with Gasteiger partial charge < -0.3 is 38.2 Å². The number of hydrogen-bond donors (Lipinski definition) is 0. The van der Waals surface area contributed by atoms with E-state index in [1.807, 2.05) is 24.3 Å². The summed E-state index contributed by atoms with van der Waals surface area (Å²) in [6, 6.07) is 7.98. The summed E-state index contributed by atoms with van der Waals surface area (Å²) in [6.07, 6.45) is 8.17. The van der Waals surface area contributed by atoms with Crippen molar-refractivity contribution >= 4 is 12.2 Å². The molecular weight excluding hydrogens is 405 g/mol. The van der Waals surface area contributed by atoms with Crippen LogP contribution in [-0.2, 0) is 6.54 Å². The molecule has 1 aromatic heterocycles. The fourth-order valence-corrected chi connectivity index (χ4v) is 2.23. The van der Waals surface area contributed by atoms with Gasteiger partial charge in [-0.05, 0) is 24.6 Å². The maximum absolute atomic E-state index is 5.47. The smallest absolute Gasteiger partial charge is 0.203 e. The molecule has 0 fully saturated rings. The van der Waals surface area contributed by atoms with Crippen LogP contribution in [0, 0.1) is 0 Å². The summed E-state index contributed by atoms with van der Waals surface area (Å²) in [4.78, 5) is 0. The molecule has 0 unspecified atom stereocenters. The summed E-state index contributed by atoms with van der Waals surface area (Å²) in [6.45, 7) is 3.08. The Labute approximate surface area is 154 Å². The Morgan fingerprint density at radius 3 is 2.04 bits per heavy atom. The number of halogens is 1. The maximum atomic E-state index is 5.47. The molecule has 0 radical (unpaired) electrons. The number of hydrogen-bond acceptors (Lipinski definition) is 3. The zero-order valence-electron chi connectivity index (χ0n) is 13.9. The zero-order valence-corrected chi connectivity index (χ0v) is 16.0. The lowest BCUT2D eigenvalue weighted by molar-refractivity contribution is -0.693. The Hall–Kier alpha value is -1.76. The van der Waals surface area contributed by atoms with Gasteiger partial charge in [0.15, 0.2) is 23.9 Å². The summed E-state index contributed by atoms with van der Waals surface area (Å²) in [5.74, 6) is 1.92. The van der Waals surface area contributed by atoms with E-state index in [1.54, 1.807) is 21.3 Å². The Balaban J connectivity index is 0.00000264. The summed E-state index contributed by atoms with van der Waals surface area (Å²) < 4.78 is 18.3. The van der Waals surface area contributed by atoms with E-state index in [9.17, 15) is 0 Å². The Bertz CT molecular complexity index is 654. The lowest BCUT2D eigenvalue weighted by atomic mass is 10.1. The fraction of sp³-hybridized carbons (Fsp3) is 0.278. The van der Waals surface area contributed by atoms with Gasteiger partial charge in [-0.25, -0.2) is 4.57 Å². The minimum absolute atomic E-state index is 0. The average Bonchev–Trinajstić information content (AvgIpc) is 2.59. The fourth-order valence-electron chi connectivity index (χ4n) is 2.23. The van der Waals surface area contributed by atoms with Gasteiger partial charge in [0.05, 0.1) is 21.3 Å². The standard InChI is InChI=1S/C18H22NO3.HI/c1-5-19-12-10-14(11-13-19)6-7-15-8-9-16(20-2)18(22-4)17(15)21-3;/h6-13H,5H2,1-4H3;1H/q+1;/p-1. The van der Waals surface area contributed by atoms with E-state index in [0.29, 0.717) is 17.2 Å². The number of pyridine rings is 1. The Morgan fingerprint density at radius 2 is 1.52 bits per heavy atom. The third kappa shape index (κ3) is 4.60. The number of aryl methyl sites for hydroxylation is 1. The van der Waals surface area contributed by atoms with Crippen LogP contribution in [-0.4, -0.2) is 21.3 Å². The Morgan fingerprint density at radius 1 is 0.870 bits per heavy atom. The van der Waals surface area contributed by atoms with Gasteiger partial charge in [0.1, 0.15) is 6.54 Å². The number of nitrogens with zero attached hydrogens (tertiary/aromatic N) is 1. The largest absolute Gasteiger partial charge is 1.00 e. The normalized spacial score (nSPS) is 10.3. The lowest BCUT2D eigenvalue weighted by Crippen LogP contribution is -3.00. The first-order chi connectivity index (χ1) is 10.7. The summed E-state index contributed by atoms with van der Waals surface area (Å²) in [7, 11) is 4.84. The van der Waals surface area contributed by atoms with Crippen LogP contribution in [0.4, 0.5) is 0 Å². The zero-order chi connectivity index (χ0) is 15.9. The van der Waals surface area contributed by atoms with Crippen molar-refractivity contribution in [1.82, 2.24) is 0 Å². The van der Waals surface area contributed by atoms with Crippen molar-refractivity contribution < 1.29 is 42.8 Å². The molecule has 5 heteroatoms. The molecule has 0 aliphatic rings. The van der Waals surface area contributed by atoms with E-state index in [0.717, 1.165) is 17.7 Å². The number of ether oxygens (including phenoxy) is 3. The van der Waals surface area contributed by atoms with E-state index in [1.165, 1.54) is 0 Å². The SMILES string of the molecule is CC[n+]1ccc(C=Cc2ccc(OC)c(OC)c2OC)cc1.[I-]. The van der Waals surface area contributed by atoms with Crippen molar-refractivity contribution in [2.45, 2.75) is 13.5 Å². The van der Waals surface area contributed by atoms with Gasteiger partial charge >= 0.3 is 0 Å². The predicted octanol–water partition coefficient (Wildman–Crippen LogP) is 0.194. The second-order valence-electron chi connectivity index (χ2n) is 4.72. The molecule has 0 saturated carbocycles. The summed E-state index contributed by atoms with van der Waals surface area (Å²) in [5.41, 5.74) is 2.06. The second kappa shape index (κ2) is 9.39. The van der Waals surface area contributed by atoms with Crippen LogP contribution < -0.4 is 42.8 Å². The van der Waals surface area contributed by atoms with E-state index in [4.69, 9.17) is 14.2 Å². The topological polar surface area (TPSA) is 31.6 Å². The molecule has 4 nitrogen and oxygen atoms in total. The monoisotopic (exact) mass is 427 g/mol. The van der Waals surface area contributed by atoms with Gasteiger partial charge in [-0.15, -0.1) is 0 Å². The number of methoxy groups -OCH3 is 3. The van der Waals surface area contributed by atoms with Crippen LogP contribution in [0.5, 0.6) is 17.2 Å². The highest BCUT2D eigenvalue weighted by Gasteiger charge is 2.13. The first-order valence-corrected chi connectivity index (χ1v) is 7.19. The molecule has 0 aliphatic carbocycles. The third-order valence-electron chi connectivity index (χ3n) is 3.47. The van der Waals surface area contributed by atoms with Gasteiger partial charge in [-0.2, -0.15) is 0 Å². The highest BCUT2D eigenvalue weighted by Crippen LogP contribution is 2.40. The van der Waals surface area contributed by atoms with E-state index >= 15 is 0 Å². The molecule has 23 heavy (non-hydrogen) atoms.